The molecular formula is C22H21F3N4O4. The number of rotatable bonds is 6. The van der Waals surface area contributed by atoms with Gasteiger partial charge in [-0.3, -0.25) is 0 Å². The molecule has 1 N–H and O–H groups in total. The van der Waals surface area contributed by atoms with Crippen LogP contribution in [0.15, 0.2) is 36.7 Å². The van der Waals surface area contributed by atoms with E-state index in [0.29, 0.717) is 22.3 Å². The zero-order chi connectivity index (χ0) is 23.5. The molecule has 0 unspecified atom stereocenters. The smallest absolute Gasteiger partial charge is 0.415 e. The second kappa shape index (κ2) is 9.49. The van der Waals surface area contributed by atoms with Gasteiger partial charge in [-0.2, -0.15) is 8.78 Å². The molecule has 11 heteroatoms. The molecular weight excluding hydrogens is 441 g/mol. The highest BCUT2D eigenvalue weighted by atomic mass is 19.3. The Bertz CT molecular complexity index is 1180. The van der Waals surface area contributed by atoms with Crippen molar-refractivity contribution in [1.82, 2.24) is 14.9 Å². The molecule has 3 aromatic rings. The molecule has 1 aliphatic rings. The number of aryl methyl sites for hydroxylation is 1. The van der Waals surface area contributed by atoms with Crippen LogP contribution in [-0.2, 0) is 4.74 Å². The van der Waals surface area contributed by atoms with Gasteiger partial charge < -0.3 is 24.4 Å². The monoisotopic (exact) mass is 462 g/mol. The molecule has 1 amide bonds. The fourth-order valence-corrected chi connectivity index (χ4v) is 3.58. The molecule has 8 nitrogen and oxygen atoms in total. The van der Waals surface area contributed by atoms with E-state index in [0.717, 1.165) is 0 Å². The maximum atomic E-state index is 14.5. The quantitative estimate of drug-likeness (QED) is 0.571. The van der Waals surface area contributed by atoms with Crippen molar-refractivity contribution >= 4 is 28.5 Å². The molecule has 1 aromatic heterocycles. The number of alkyl halides is 2. The lowest BCUT2D eigenvalue weighted by Crippen LogP contribution is -2.33. The van der Waals surface area contributed by atoms with Gasteiger partial charge in [0.25, 0.3) is 0 Å². The summed E-state index contributed by atoms with van der Waals surface area (Å²) in [6.07, 6.45) is 0.100. The standard InChI is InChI=1S/C22H21F3N4O4/c1-12-4-3-5-15(19(12)23)28-20-14-8-18(17(31-2)9-16(14)26-11-27-20)33-22(30)29-7-6-13(10-29)32-21(24)25/h3-5,8-9,11,13,21H,6-7,10H2,1-2H3,(H,26,27,28)/t13-/m0/s1. The average Bonchev–Trinajstić information content (AvgIpc) is 3.24. The van der Waals surface area contributed by atoms with Gasteiger partial charge in [0.1, 0.15) is 18.0 Å². The molecule has 2 heterocycles. The summed E-state index contributed by atoms with van der Waals surface area (Å²) in [6, 6.07) is 8.00. The van der Waals surface area contributed by atoms with Crippen molar-refractivity contribution in [2.45, 2.75) is 26.1 Å². The minimum atomic E-state index is -2.91. The van der Waals surface area contributed by atoms with Crippen LogP contribution in [0.3, 0.4) is 0 Å². The van der Waals surface area contributed by atoms with E-state index in [9.17, 15) is 18.0 Å². The first kappa shape index (κ1) is 22.6. The predicted octanol–water partition coefficient (Wildman–Crippen LogP) is 4.64. The number of hydrogen-bond acceptors (Lipinski definition) is 7. The van der Waals surface area contributed by atoms with Crippen LogP contribution < -0.4 is 14.8 Å². The van der Waals surface area contributed by atoms with Gasteiger partial charge in [0, 0.05) is 18.0 Å². The number of carbonyl (C=O) groups is 1. The lowest BCUT2D eigenvalue weighted by molar-refractivity contribution is -0.158. The van der Waals surface area contributed by atoms with Crippen LogP contribution in [0, 0.1) is 12.7 Å². The fourth-order valence-electron chi connectivity index (χ4n) is 3.58. The summed E-state index contributed by atoms with van der Waals surface area (Å²) in [5.41, 5.74) is 1.17. The lowest BCUT2D eigenvalue weighted by atomic mass is 10.2. The normalized spacial score (nSPS) is 15.8. The zero-order valence-corrected chi connectivity index (χ0v) is 17.8. The van der Waals surface area contributed by atoms with E-state index in [1.54, 1.807) is 31.2 Å². The number of halogens is 3. The van der Waals surface area contributed by atoms with Crippen molar-refractivity contribution in [3.63, 3.8) is 0 Å². The van der Waals surface area contributed by atoms with Crippen molar-refractivity contribution in [2.75, 3.05) is 25.5 Å². The Morgan fingerprint density at radius 2 is 2.06 bits per heavy atom. The van der Waals surface area contributed by atoms with Gasteiger partial charge in [-0.1, -0.05) is 12.1 Å². The molecule has 0 bridgehead atoms. The molecule has 1 aliphatic heterocycles. The number of fused-ring (bicyclic) bond motifs is 1. The number of carbonyl (C=O) groups excluding carboxylic acids is 1. The van der Waals surface area contributed by atoms with Crippen LogP contribution in [0.4, 0.5) is 29.5 Å². The summed E-state index contributed by atoms with van der Waals surface area (Å²) < 4.78 is 54.6. The molecule has 0 radical (unpaired) electrons. The summed E-state index contributed by atoms with van der Waals surface area (Å²) in [5, 5.41) is 3.41. The molecule has 0 saturated carbocycles. The number of likely N-dealkylation sites (tertiary alicyclic amines) is 1. The Labute approximate surface area is 187 Å². The number of methoxy groups -OCH3 is 1. The van der Waals surface area contributed by atoms with Crippen LogP contribution in [0.2, 0.25) is 0 Å². The predicted molar refractivity (Wildman–Crippen MR) is 114 cm³/mol. The van der Waals surface area contributed by atoms with E-state index in [4.69, 9.17) is 9.47 Å². The first-order chi connectivity index (χ1) is 15.9. The van der Waals surface area contributed by atoms with Crippen LogP contribution in [-0.4, -0.2) is 53.9 Å². The summed E-state index contributed by atoms with van der Waals surface area (Å²) in [5.74, 6) is 0.202. The van der Waals surface area contributed by atoms with E-state index in [1.165, 1.54) is 24.4 Å². The second-order valence-corrected chi connectivity index (χ2v) is 7.43. The Balaban J connectivity index is 1.61. The van der Waals surface area contributed by atoms with E-state index in [2.05, 4.69) is 20.0 Å². The maximum absolute atomic E-state index is 14.5. The highest BCUT2D eigenvalue weighted by Gasteiger charge is 2.30. The average molecular weight is 462 g/mol. The third-order valence-corrected chi connectivity index (χ3v) is 5.26. The Hall–Kier alpha value is -3.60. The van der Waals surface area contributed by atoms with Crippen LogP contribution in [0.5, 0.6) is 11.5 Å². The van der Waals surface area contributed by atoms with E-state index >= 15 is 0 Å². The first-order valence-corrected chi connectivity index (χ1v) is 10.1. The topological polar surface area (TPSA) is 85.8 Å². The molecule has 33 heavy (non-hydrogen) atoms. The van der Waals surface area contributed by atoms with E-state index in [-0.39, 0.29) is 36.7 Å². The number of hydrogen-bond donors (Lipinski definition) is 1. The van der Waals surface area contributed by atoms with Gasteiger partial charge in [0.2, 0.25) is 0 Å². The van der Waals surface area contributed by atoms with Crippen molar-refractivity contribution < 1.29 is 32.2 Å². The molecule has 1 fully saturated rings. The van der Waals surface area contributed by atoms with Crippen LogP contribution in [0.25, 0.3) is 10.9 Å². The van der Waals surface area contributed by atoms with Crippen LogP contribution in [0.1, 0.15) is 12.0 Å². The number of aromatic nitrogens is 2. The third-order valence-electron chi connectivity index (χ3n) is 5.26. The van der Waals surface area contributed by atoms with Crippen molar-refractivity contribution in [3.8, 4) is 11.5 Å². The molecule has 0 spiro atoms. The number of ether oxygens (including phenoxy) is 3. The van der Waals surface area contributed by atoms with Gasteiger partial charge in [0.15, 0.2) is 11.5 Å². The largest absolute Gasteiger partial charge is 0.493 e. The Morgan fingerprint density at radius 3 is 2.82 bits per heavy atom. The number of benzene rings is 2. The minimum Gasteiger partial charge on any atom is -0.493 e. The highest BCUT2D eigenvalue weighted by molar-refractivity contribution is 5.93. The summed E-state index contributed by atoms with van der Waals surface area (Å²) in [7, 11) is 1.41. The van der Waals surface area contributed by atoms with Crippen molar-refractivity contribution in [3.05, 3.63) is 48.0 Å². The Kier molecular flexibility index (Phi) is 6.50. The van der Waals surface area contributed by atoms with Gasteiger partial charge in [-0.15, -0.1) is 0 Å². The highest BCUT2D eigenvalue weighted by Crippen LogP contribution is 2.35. The number of nitrogens with one attached hydrogen (secondary N) is 1. The zero-order valence-electron chi connectivity index (χ0n) is 17.8. The van der Waals surface area contributed by atoms with E-state index < -0.39 is 24.6 Å². The molecule has 0 aliphatic carbocycles. The molecule has 1 atom stereocenters. The van der Waals surface area contributed by atoms with Crippen molar-refractivity contribution in [1.29, 1.82) is 0 Å². The summed E-state index contributed by atoms with van der Waals surface area (Å²) in [4.78, 5) is 22.3. The molecule has 174 valence electrons. The number of nitrogens with zero attached hydrogens (tertiary/aromatic N) is 3. The Morgan fingerprint density at radius 1 is 1.24 bits per heavy atom. The van der Waals surface area contributed by atoms with Gasteiger partial charge >= 0.3 is 12.7 Å². The second-order valence-electron chi connectivity index (χ2n) is 7.43. The van der Waals surface area contributed by atoms with E-state index in [1.807, 2.05) is 0 Å². The van der Waals surface area contributed by atoms with Crippen LogP contribution >= 0.6 is 0 Å². The third kappa shape index (κ3) is 4.92. The summed E-state index contributed by atoms with van der Waals surface area (Å²) >= 11 is 0. The van der Waals surface area contributed by atoms with Gasteiger partial charge in [0.05, 0.1) is 31.0 Å². The SMILES string of the molecule is COc1cc2ncnc(Nc3cccc(C)c3F)c2cc1OC(=O)N1CC[C@H](OC(F)F)C1. The molecule has 2 aromatic carbocycles. The number of anilines is 2. The summed E-state index contributed by atoms with van der Waals surface area (Å²) in [6.45, 7) is -1.05. The van der Waals surface area contributed by atoms with Crippen molar-refractivity contribution in [2.24, 2.45) is 0 Å². The van der Waals surface area contributed by atoms with Gasteiger partial charge in [-0.25, -0.2) is 19.2 Å². The molecule has 4 rings (SSSR count). The fraction of sp³-hybridized carbons (Fsp3) is 0.318. The van der Waals surface area contributed by atoms with Gasteiger partial charge in [-0.05, 0) is 31.0 Å². The minimum absolute atomic E-state index is 0.0123. The lowest BCUT2D eigenvalue weighted by Gasteiger charge is -2.18. The maximum Gasteiger partial charge on any atom is 0.415 e. The number of amides is 1. The molecule has 1 saturated heterocycles. The first-order valence-electron chi connectivity index (χ1n) is 10.1.